The van der Waals surface area contributed by atoms with Crippen molar-refractivity contribution in [2.24, 2.45) is 0 Å². The third kappa shape index (κ3) is 2.51. The third-order valence-corrected chi connectivity index (χ3v) is 4.36. The van der Waals surface area contributed by atoms with E-state index >= 15 is 0 Å². The Bertz CT molecular complexity index is 763. The molecule has 0 amide bonds. The first-order valence-electron chi connectivity index (χ1n) is 7.55. The van der Waals surface area contributed by atoms with Crippen LogP contribution in [0.25, 0.3) is 21.9 Å². The number of rotatable bonds is 5. The molecule has 0 N–H and O–H groups in total. The van der Waals surface area contributed by atoms with Gasteiger partial charge in [-0.05, 0) is 18.9 Å². The summed E-state index contributed by atoms with van der Waals surface area (Å²) in [5.74, 6) is 1.08. The zero-order valence-corrected chi connectivity index (χ0v) is 13.3. The molecule has 0 spiro atoms. The molecule has 0 saturated heterocycles. The van der Waals surface area contributed by atoms with E-state index in [0.29, 0.717) is 11.8 Å². The lowest BCUT2D eigenvalue weighted by molar-refractivity contribution is 0.701. The summed E-state index contributed by atoms with van der Waals surface area (Å²) >= 11 is 5.85. The fourth-order valence-corrected chi connectivity index (χ4v) is 2.86. The molecule has 0 aliphatic rings. The fourth-order valence-electron chi connectivity index (χ4n) is 2.74. The van der Waals surface area contributed by atoms with Crippen molar-refractivity contribution in [2.75, 3.05) is 5.88 Å². The van der Waals surface area contributed by atoms with Crippen molar-refractivity contribution < 1.29 is 0 Å². The number of hydrogen-bond acceptors (Lipinski definition) is 2. The number of halogens is 1. The van der Waals surface area contributed by atoms with E-state index in [9.17, 15) is 0 Å². The summed E-state index contributed by atoms with van der Waals surface area (Å²) in [6.45, 7) is 5.31. The molecule has 3 nitrogen and oxygen atoms in total. The van der Waals surface area contributed by atoms with Crippen LogP contribution in [-0.4, -0.2) is 20.4 Å². The van der Waals surface area contributed by atoms with E-state index in [1.54, 1.807) is 0 Å². The Balaban J connectivity index is 2.31. The molecular weight excluding hydrogens is 282 g/mol. The van der Waals surface area contributed by atoms with Gasteiger partial charge in [-0.3, -0.25) is 4.98 Å². The van der Waals surface area contributed by atoms with Crippen LogP contribution in [0.3, 0.4) is 0 Å². The third-order valence-electron chi connectivity index (χ3n) is 4.09. The normalized spacial score (nSPS) is 13.1. The van der Waals surface area contributed by atoms with E-state index in [1.807, 2.05) is 12.4 Å². The van der Waals surface area contributed by atoms with Gasteiger partial charge in [0.2, 0.25) is 0 Å². The van der Waals surface area contributed by atoms with Crippen LogP contribution in [0.15, 0.2) is 30.6 Å². The van der Waals surface area contributed by atoms with Crippen LogP contribution in [0.5, 0.6) is 0 Å². The van der Waals surface area contributed by atoms with Gasteiger partial charge in [0.05, 0.1) is 23.1 Å². The molecule has 3 rings (SSSR count). The number of aromatic nitrogens is 3. The molecule has 3 aromatic rings. The Morgan fingerprint density at radius 1 is 1.29 bits per heavy atom. The smallest absolute Gasteiger partial charge is 0.111 e. The predicted octanol–water partition coefficient (Wildman–Crippen LogP) is 4.73. The molecule has 0 saturated carbocycles. The molecule has 110 valence electrons. The minimum atomic E-state index is 0.411. The van der Waals surface area contributed by atoms with Gasteiger partial charge in [-0.25, -0.2) is 4.98 Å². The lowest BCUT2D eigenvalue weighted by atomic mass is 10.0. The molecule has 0 radical (unpaired) electrons. The maximum absolute atomic E-state index is 5.85. The highest BCUT2D eigenvalue weighted by molar-refractivity contribution is 6.17. The number of nitrogens with zero attached hydrogens (tertiary/aromatic N) is 3. The number of pyridine rings is 1. The Morgan fingerprint density at radius 2 is 2.10 bits per heavy atom. The lowest BCUT2D eigenvalue weighted by Gasteiger charge is -2.12. The molecule has 4 heteroatoms. The first-order valence-corrected chi connectivity index (χ1v) is 8.09. The average Bonchev–Trinajstić information content (AvgIpc) is 2.95. The second-order valence-corrected chi connectivity index (χ2v) is 5.88. The summed E-state index contributed by atoms with van der Waals surface area (Å²) in [6.07, 6.45) is 3.94. The van der Waals surface area contributed by atoms with Gasteiger partial charge in [0.1, 0.15) is 5.52 Å². The van der Waals surface area contributed by atoms with Crippen LogP contribution in [0.2, 0.25) is 0 Å². The monoisotopic (exact) mass is 301 g/mol. The van der Waals surface area contributed by atoms with Crippen molar-refractivity contribution in [1.82, 2.24) is 14.5 Å². The van der Waals surface area contributed by atoms with Crippen LogP contribution >= 0.6 is 11.6 Å². The maximum atomic E-state index is 5.85. The molecule has 0 fully saturated rings. The predicted molar refractivity (Wildman–Crippen MR) is 89.1 cm³/mol. The largest absolute Gasteiger partial charge is 0.330 e. The highest BCUT2D eigenvalue weighted by Gasteiger charge is 2.16. The second kappa shape index (κ2) is 6.02. The van der Waals surface area contributed by atoms with Gasteiger partial charge in [0, 0.05) is 23.7 Å². The van der Waals surface area contributed by atoms with E-state index in [4.69, 9.17) is 16.6 Å². The number of alkyl halides is 1. The number of imidazole rings is 1. The fraction of sp³-hybridized carbons (Fsp3) is 0.412. The Kier molecular flexibility index (Phi) is 4.11. The van der Waals surface area contributed by atoms with Crippen LogP contribution in [0.4, 0.5) is 0 Å². The summed E-state index contributed by atoms with van der Waals surface area (Å²) < 4.78 is 2.22. The molecule has 0 aliphatic carbocycles. The van der Waals surface area contributed by atoms with Crippen molar-refractivity contribution in [3.63, 3.8) is 0 Å². The van der Waals surface area contributed by atoms with Gasteiger partial charge < -0.3 is 4.57 Å². The standard InChI is InChI=1S/C17H20ClN3/c1-3-12(2)15-16-17(21(11-19-16)10-6-9-18)13-7-4-5-8-14(13)20-15/h4-5,7-8,11-12H,3,6,9-10H2,1-2H3. The maximum Gasteiger partial charge on any atom is 0.111 e. The minimum absolute atomic E-state index is 0.411. The number of benzene rings is 1. The van der Waals surface area contributed by atoms with Crippen molar-refractivity contribution in [3.05, 3.63) is 36.3 Å². The molecular formula is C17H20ClN3. The van der Waals surface area contributed by atoms with E-state index in [-0.39, 0.29) is 0 Å². The molecule has 21 heavy (non-hydrogen) atoms. The number of aryl methyl sites for hydroxylation is 1. The Labute approximate surface area is 130 Å². The minimum Gasteiger partial charge on any atom is -0.330 e. The van der Waals surface area contributed by atoms with Gasteiger partial charge in [-0.1, -0.05) is 32.0 Å². The van der Waals surface area contributed by atoms with Crippen LogP contribution in [0.1, 0.15) is 38.3 Å². The van der Waals surface area contributed by atoms with E-state index in [0.717, 1.165) is 36.1 Å². The van der Waals surface area contributed by atoms with Gasteiger partial charge in [-0.15, -0.1) is 11.6 Å². The number of para-hydroxylation sites is 1. The first-order chi connectivity index (χ1) is 10.3. The zero-order chi connectivity index (χ0) is 14.8. The Morgan fingerprint density at radius 3 is 2.86 bits per heavy atom. The van der Waals surface area contributed by atoms with Crippen molar-refractivity contribution in [3.8, 4) is 0 Å². The van der Waals surface area contributed by atoms with Crippen LogP contribution < -0.4 is 0 Å². The van der Waals surface area contributed by atoms with Gasteiger partial charge in [0.25, 0.3) is 0 Å². The van der Waals surface area contributed by atoms with Gasteiger partial charge in [0.15, 0.2) is 0 Å². The topological polar surface area (TPSA) is 30.7 Å². The van der Waals surface area contributed by atoms with E-state index in [2.05, 4.69) is 41.6 Å². The number of fused-ring (bicyclic) bond motifs is 3. The molecule has 1 aromatic carbocycles. The SMILES string of the molecule is CCC(C)c1nc2ccccc2c2c1ncn2CCCCl. The quantitative estimate of drug-likeness (QED) is 0.638. The van der Waals surface area contributed by atoms with Gasteiger partial charge in [-0.2, -0.15) is 0 Å². The summed E-state index contributed by atoms with van der Waals surface area (Å²) in [5.41, 5.74) is 4.39. The molecule has 2 heterocycles. The molecule has 2 aromatic heterocycles. The second-order valence-electron chi connectivity index (χ2n) is 5.50. The summed E-state index contributed by atoms with van der Waals surface area (Å²) in [5, 5.41) is 1.17. The van der Waals surface area contributed by atoms with Crippen molar-refractivity contribution in [2.45, 2.75) is 39.2 Å². The van der Waals surface area contributed by atoms with E-state index < -0.39 is 0 Å². The van der Waals surface area contributed by atoms with Crippen LogP contribution in [-0.2, 0) is 6.54 Å². The zero-order valence-electron chi connectivity index (χ0n) is 12.5. The molecule has 0 bridgehead atoms. The molecule has 1 unspecified atom stereocenters. The van der Waals surface area contributed by atoms with Crippen LogP contribution in [0, 0.1) is 0 Å². The number of hydrogen-bond donors (Lipinski definition) is 0. The van der Waals surface area contributed by atoms with E-state index in [1.165, 1.54) is 10.9 Å². The highest BCUT2D eigenvalue weighted by atomic mass is 35.5. The summed E-state index contributed by atoms with van der Waals surface area (Å²) in [4.78, 5) is 9.51. The summed E-state index contributed by atoms with van der Waals surface area (Å²) in [6, 6.07) is 8.32. The average molecular weight is 302 g/mol. The molecule has 0 aliphatic heterocycles. The van der Waals surface area contributed by atoms with Gasteiger partial charge >= 0.3 is 0 Å². The first kappa shape index (κ1) is 14.3. The summed E-state index contributed by atoms with van der Waals surface area (Å²) in [7, 11) is 0. The highest BCUT2D eigenvalue weighted by Crippen LogP contribution is 2.30. The van der Waals surface area contributed by atoms with Crippen molar-refractivity contribution in [1.29, 1.82) is 0 Å². The lowest BCUT2D eigenvalue weighted by Crippen LogP contribution is -2.01. The van der Waals surface area contributed by atoms with Crippen molar-refractivity contribution >= 4 is 33.5 Å². The molecule has 1 atom stereocenters. The Hall–Kier alpha value is -1.61.